The summed E-state index contributed by atoms with van der Waals surface area (Å²) in [6, 6.07) is 0. The molecule has 2 N–H and O–H groups in total. The molecule has 0 aromatic rings. The Morgan fingerprint density at radius 2 is 1.06 bits per heavy atom. The van der Waals surface area contributed by atoms with Crippen LogP contribution in [0.25, 0.3) is 0 Å². The Morgan fingerprint density at radius 3 is 1.61 bits per heavy atom. The zero-order valence-corrected chi connectivity index (χ0v) is 19.2. The first-order valence-corrected chi connectivity index (χ1v) is 11.0. The van der Waals surface area contributed by atoms with E-state index in [2.05, 4.69) is 0 Å². The Hall–Kier alpha value is -0.400. The van der Waals surface area contributed by atoms with Crippen LogP contribution in [-0.4, -0.2) is 105 Å². The van der Waals surface area contributed by atoms with Gasteiger partial charge in [-0.1, -0.05) is 0 Å². The van der Waals surface area contributed by atoms with Crippen molar-refractivity contribution < 1.29 is 48.1 Å². The van der Waals surface area contributed by atoms with E-state index >= 15 is 0 Å². The maximum absolute atomic E-state index is 10.2. The predicted molar refractivity (Wildman–Crippen MR) is 107 cm³/mol. The number of rotatable bonds is 7. The SMILES string of the molecule is CO[C@H]1C[C@@H](O[C@@H]2[C@@H](C)O[C@@H](O[C@H]3[C@@H](OC)C[C@H](O)O[C@@H]3C)C[C@H]2OC)O[C@H](C)[C@H]1O. The summed E-state index contributed by atoms with van der Waals surface area (Å²) >= 11 is 0. The van der Waals surface area contributed by atoms with Crippen LogP contribution in [0.2, 0.25) is 0 Å². The molecule has 3 saturated heterocycles. The third kappa shape index (κ3) is 5.94. The lowest BCUT2D eigenvalue weighted by Gasteiger charge is -2.45. The molecule has 3 rings (SSSR count). The topological polar surface area (TPSA) is 114 Å². The molecule has 3 heterocycles. The largest absolute Gasteiger partial charge is 0.388 e. The molecule has 0 saturated carbocycles. The summed E-state index contributed by atoms with van der Waals surface area (Å²) in [7, 11) is 4.79. The number of hydrogen-bond donors (Lipinski definition) is 2. The minimum absolute atomic E-state index is 0.285. The number of ether oxygens (including phenoxy) is 8. The standard InChI is InChI=1S/C21H38O10/c1-10-19(23)13(24-4)8-17(28-10)30-21-12(3)29-18(9-15(21)26-6)31-20-11(2)27-16(22)7-14(20)25-5/h10-23H,7-9H2,1-6H3/t10-,11-,12-,13+,14+,15-,16-,17-,18+,19-,20-,21-/m1/s1. The molecule has 3 aliphatic heterocycles. The quantitative estimate of drug-likeness (QED) is 0.570. The van der Waals surface area contributed by atoms with Crippen molar-refractivity contribution in [2.75, 3.05) is 21.3 Å². The van der Waals surface area contributed by atoms with Crippen LogP contribution in [0.1, 0.15) is 40.0 Å². The molecule has 12 atom stereocenters. The molecule has 0 spiro atoms. The van der Waals surface area contributed by atoms with Gasteiger partial charge in [0.2, 0.25) is 0 Å². The van der Waals surface area contributed by atoms with Gasteiger partial charge in [-0.15, -0.1) is 0 Å². The van der Waals surface area contributed by atoms with Crippen LogP contribution >= 0.6 is 0 Å². The zero-order valence-electron chi connectivity index (χ0n) is 19.2. The van der Waals surface area contributed by atoms with Gasteiger partial charge < -0.3 is 48.1 Å². The van der Waals surface area contributed by atoms with Crippen molar-refractivity contribution in [3.8, 4) is 0 Å². The first kappa shape index (κ1) is 25.2. The first-order chi connectivity index (χ1) is 14.8. The predicted octanol–water partition coefficient (Wildman–Crippen LogP) is 0.560. The van der Waals surface area contributed by atoms with E-state index in [4.69, 9.17) is 37.9 Å². The lowest BCUT2D eigenvalue weighted by Crippen LogP contribution is -2.56. The summed E-state index contributed by atoms with van der Waals surface area (Å²) in [6.45, 7) is 5.54. The van der Waals surface area contributed by atoms with Gasteiger partial charge >= 0.3 is 0 Å². The first-order valence-electron chi connectivity index (χ1n) is 11.0. The van der Waals surface area contributed by atoms with Gasteiger partial charge in [0.05, 0.1) is 36.6 Å². The molecule has 0 bridgehead atoms. The van der Waals surface area contributed by atoms with Gasteiger partial charge in [-0.2, -0.15) is 0 Å². The summed E-state index contributed by atoms with van der Waals surface area (Å²) in [6.07, 6.45) is -4.26. The minimum atomic E-state index is -0.872. The van der Waals surface area contributed by atoms with E-state index in [-0.39, 0.29) is 42.7 Å². The van der Waals surface area contributed by atoms with Gasteiger partial charge in [-0.3, -0.25) is 0 Å². The lowest BCUT2D eigenvalue weighted by atomic mass is 9.99. The van der Waals surface area contributed by atoms with Crippen LogP contribution < -0.4 is 0 Å². The summed E-state index contributed by atoms with van der Waals surface area (Å²) < 4.78 is 46.4. The van der Waals surface area contributed by atoms with Gasteiger partial charge in [0.25, 0.3) is 0 Å². The molecular formula is C21H38O10. The third-order valence-electron chi connectivity index (χ3n) is 6.43. The van der Waals surface area contributed by atoms with Gasteiger partial charge in [-0.25, -0.2) is 0 Å². The Bertz CT molecular complexity index is 550. The highest BCUT2D eigenvalue weighted by Gasteiger charge is 2.45. The highest BCUT2D eigenvalue weighted by Crippen LogP contribution is 2.33. The average Bonchev–Trinajstić information content (AvgIpc) is 2.73. The van der Waals surface area contributed by atoms with Crippen molar-refractivity contribution in [3.05, 3.63) is 0 Å². The maximum atomic E-state index is 10.2. The van der Waals surface area contributed by atoms with E-state index in [1.54, 1.807) is 28.3 Å². The summed E-state index contributed by atoms with van der Waals surface area (Å²) in [4.78, 5) is 0. The maximum Gasteiger partial charge on any atom is 0.161 e. The fraction of sp³-hybridized carbons (Fsp3) is 1.00. The molecule has 10 nitrogen and oxygen atoms in total. The van der Waals surface area contributed by atoms with Crippen LogP contribution in [0.5, 0.6) is 0 Å². The number of methoxy groups -OCH3 is 3. The van der Waals surface area contributed by atoms with Crippen molar-refractivity contribution in [1.29, 1.82) is 0 Å². The Balaban J connectivity index is 1.60. The van der Waals surface area contributed by atoms with Crippen LogP contribution in [0, 0.1) is 0 Å². The van der Waals surface area contributed by atoms with Crippen molar-refractivity contribution >= 4 is 0 Å². The molecule has 0 aromatic carbocycles. The minimum Gasteiger partial charge on any atom is -0.388 e. The second-order valence-corrected chi connectivity index (χ2v) is 8.56. The third-order valence-corrected chi connectivity index (χ3v) is 6.43. The highest BCUT2D eigenvalue weighted by atomic mass is 16.7. The molecular weight excluding hydrogens is 412 g/mol. The Morgan fingerprint density at radius 1 is 0.613 bits per heavy atom. The van der Waals surface area contributed by atoms with Crippen LogP contribution in [0.3, 0.4) is 0 Å². The monoisotopic (exact) mass is 450 g/mol. The fourth-order valence-electron chi connectivity index (χ4n) is 4.64. The van der Waals surface area contributed by atoms with E-state index < -0.39 is 31.1 Å². The van der Waals surface area contributed by atoms with Crippen molar-refractivity contribution in [2.24, 2.45) is 0 Å². The van der Waals surface area contributed by atoms with Gasteiger partial charge in [0.15, 0.2) is 18.9 Å². The van der Waals surface area contributed by atoms with Crippen molar-refractivity contribution in [1.82, 2.24) is 0 Å². The molecule has 3 fully saturated rings. The second-order valence-electron chi connectivity index (χ2n) is 8.56. The lowest BCUT2D eigenvalue weighted by molar-refractivity contribution is -0.334. The fourth-order valence-corrected chi connectivity index (χ4v) is 4.64. The molecule has 0 aliphatic carbocycles. The number of aliphatic hydroxyl groups is 2. The van der Waals surface area contributed by atoms with Crippen molar-refractivity contribution in [3.63, 3.8) is 0 Å². The number of aliphatic hydroxyl groups excluding tert-OH is 2. The Kier molecular flexibility index (Phi) is 9.07. The molecule has 0 amide bonds. The van der Waals surface area contributed by atoms with E-state index in [0.29, 0.717) is 19.3 Å². The summed E-state index contributed by atoms with van der Waals surface area (Å²) in [5.74, 6) is 0. The van der Waals surface area contributed by atoms with E-state index in [1.807, 2.05) is 13.8 Å². The molecule has 0 aromatic heterocycles. The Labute approximate surface area is 184 Å². The molecule has 31 heavy (non-hydrogen) atoms. The summed E-state index contributed by atoms with van der Waals surface area (Å²) in [5, 5.41) is 20.0. The van der Waals surface area contributed by atoms with Crippen LogP contribution in [0.4, 0.5) is 0 Å². The second kappa shape index (κ2) is 11.1. The van der Waals surface area contributed by atoms with Crippen LogP contribution in [-0.2, 0) is 37.9 Å². The van der Waals surface area contributed by atoms with E-state index in [9.17, 15) is 10.2 Å². The normalized spacial score (nSPS) is 49.2. The van der Waals surface area contributed by atoms with E-state index in [1.165, 1.54) is 0 Å². The van der Waals surface area contributed by atoms with Crippen LogP contribution in [0.15, 0.2) is 0 Å². The summed E-state index contributed by atoms with van der Waals surface area (Å²) in [5.41, 5.74) is 0. The molecule has 0 unspecified atom stereocenters. The van der Waals surface area contributed by atoms with E-state index in [0.717, 1.165) is 0 Å². The molecule has 3 aliphatic rings. The smallest absolute Gasteiger partial charge is 0.161 e. The van der Waals surface area contributed by atoms with Crippen molar-refractivity contribution in [2.45, 2.75) is 114 Å². The van der Waals surface area contributed by atoms with Gasteiger partial charge in [0, 0.05) is 40.6 Å². The highest BCUT2D eigenvalue weighted by molar-refractivity contribution is 4.88. The molecule has 182 valence electrons. The van der Waals surface area contributed by atoms with Gasteiger partial charge in [-0.05, 0) is 20.8 Å². The number of hydrogen-bond acceptors (Lipinski definition) is 10. The molecule has 0 radical (unpaired) electrons. The zero-order chi connectivity index (χ0) is 22.7. The average molecular weight is 451 g/mol. The van der Waals surface area contributed by atoms with Gasteiger partial charge in [0.1, 0.15) is 18.3 Å². The molecule has 10 heteroatoms.